The zero-order valence-corrected chi connectivity index (χ0v) is 15.1. The summed E-state index contributed by atoms with van der Waals surface area (Å²) in [7, 11) is 0. The Morgan fingerprint density at radius 3 is 2.72 bits per heavy atom. The second kappa shape index (κ2) is 7.63. The minimum absolute atomic E-state index is 0.0507. The Morgan fingerprint density at radius 2 is 2.00 bits per heavy atom. The van der Waals surface area contributed by atoms with Crippen LogP contribution in [0.4, 0.5) is 11.8 Å². The summed E-state index contributed by atoms with van der Waals surface area (Å²) < 4.78 is 1.55. The van der Waals surface area contributed by atoms with Crippen molar-refractivity contribution in [3.8, 4) is 0 Å². The maximum atomic E-state index is 12.0. The average Bonchev–Trinajstić information content (AvgIpc) is 2.62. The SMILES string of the molecule is Cc1cnc(NCC2CCCCN2c2ccc(=O)n(C(C)C)n2)nc1. The first-order chi connectivity index (χ1) is 12.0. The molecule has 7 nitrogen and oxygen atoms in total. The van der Waals surface area contributed by atoms with E-state index >= 15 is 0 Å². The highest BCUT2D eigenvalue weighted by Gasteiger charge is 2.24. The Bertz CT molecular complexity index is 755. The molecule has 1 aliphatic rings. The third kappa shape index (κ3) is 4.15. The van der Waals surface area contributed by atoms with Crippen LogP contribution in [0.25, 0.3) is 0 Å². The molecule has 0 radical (unpaired) electrons. The first-order valence-electron chi connectivity index (χ1n) is 8.93. The van der Waals surface area contributed by atoms with E-state index in [1.54, 1.807) is 10.7 Å². The van der Waals surface area contributed by atoms with E-state index in [1.165, 1.54) is 6.42 Å². The van der Waals surface area contributed by atoms with Gasteiger partial charge in [0.05, 0.1) is 6.04 Å². The normalized spacial score (nSPS) is 17.8. The molecule has 134 valence electrons. The van der Waals surface area contributed by atoms with E-state index in [9.17, 15) is 4.79 Å². The third-order valence-corrected chi connectivity index (χ3v) is 4.50. The molecule has 2 aromatic rings. The number of anilines is 2. The molecule has 7 heteroatoms. The van der Waals surface area contributed by atoms with Gasteiger partial charge in [-0.1, -0.05) is 0 Å². The summed E-state index contributed by atoms with van der Waals surface area (Å²) in [6.07, 6.45) is 7.05. The lowest BCUT2D eigenvalue weighted by Crippen LogP contribution is -2.45. The molecule has 0 aliphatic carbocycles. The third-order valence-electron chi connectivity index (χ3n) is 4.50. The van der Waals surface area contributed by atoms with Crippen LogP contribution in [0.5, 0.6) is 0 Å². The minimum atomic E-state index is -0.0570. The van der Waals surface area contributed by atoms with E-state index in [0.717, 1.165) is 37.3 Å². The lowest BCUT2D eigenvalue weighted by molar-refractivity contribution is 0.451. The van der Waals surface area contributed by atoms with E-state index in [0.29, 0.717) is 12.0 Å². The number of aromatic nitrogens is 4. The fourth-order valence-corrected chi connectivity index (χ4v) is 3.15. The van der Waals surface area contributed by atoms with Crippen LogP contribution in [0, 0.1) is 6.92 Å². The van der Waals surface area contributed by atoms with Crippen LogP contribution in [0.2, 0.25) is 0 Å². The summed E-state index contributed by atoms with van der Waals surface area (Å²) in [6, 6.07) is 3.81. The molecule has 1 aliphatic heterocycles. The van der Waals surface area contributed by atoms with Crippen LogP contribution < -0.4 is 15.8 Å². The van der Waals surface area contributed by atoms with E-state index in [1.807, 2.05) is 39.2 Å². The van der Waals surface area contributed by atoms with Crippen molar-refractivity contribution in [2.45, 2.75) is 52.1 Å². The molecule has 25 heavy (non-hydrogen) atoms. The molecular formula is C18H26N6O. The van der Waals surface area contributed by atoms with Crippen LogP contribution in [0.3, 0.4) is 0 Å². The van der Waals surface area contributed by atoms with Gasteiger partial charge in [0.1, 0.15) is 5.82 Å². The van der Waals surface area contributed by atoms with Gasteiger partial charge in [-0.05, 0) is 51.7 Å². The van der Waals surface area contributed by atoms with Crippen molar-refractivity contribution in [2.24, 2.45) is 0 Å². The summed E-state index contributed by atoms with van der Waals surface area (Å²) in [5.74, 6) is 1.51. The summed E-state index contributed by atoms with van der Waals surface area (Å²) in [6.45, 7) is 7.63. The molecule has 1 N–H and O–H groups in total. The lowest BCUT2D eigenvalue weighted by Gasteiger charge is -2.36. The number of nitrogens with zero attached hydrogens (tertiary/aromatic N) is 5. The zero-order chi connectivity index (χ0) is 17.8. The Hall–Kier alpha value is -2.44. The van der Waals surface area contributed by atoms with Gasteiger partial charge in [0.2, 0.25) is 5.95 Å². The fraction of sp³-hybridized carbons (Fsp3) is 0.556. The van der Waals surface area contributed by atoms with Gasteiger partial charge in [0.15, 0.2) is 0 Å². The topological polar surface area (TPSA) is 75.9 Å². The van der Waals surface area contributed by atoms with Gasteiger partial charge in [-0.25, -0.2) is 14.6 Å². The quantitative estimate of drug-likeness (QED) is 0.899. The number of hydrogen-bond acceptors (Lipinski definition) is 6. The molecular weight excluding hydrogens is 316 g/mol. The molecule has 0 spiro atoms. The fourth-order valence-electron chi connectivity index (χ4n) is 3.15. The predicted molar refractivity (Wildman–Crippen MR) is 99.1 cm³/mol. The van der Waals surface area contributed by atoms with Crippen molar-refractivity contribution in [3.05, 3.63) is 40.4 Å². The highest BCUT2D eigenvalue weighted by atomic mass is 16.1. The molecule has 3 rings (SSSR count). The van der Waals surface area contributed by atoms with Crippen molar-refractivity contribution in [3.63, 3.8) is 0 Å². The number of piperidine rings is 1. The Balaban J connectivity index is 1.75. The highest BCUT2D eigenvalue weighted by Crippen LogP contribution is 2.23. The molecule has 1 atom stereocenters. The molecule has 3 heterocycles. The number of nitrogens with one attached hydrogen (secondary N) is 1. The van der Waals surface area contributed by atoms with E-state index in [-0.39, 0.29) is 11.6 Å². The van der Waals surface area contributed by atoms with E-state index in [4.69, 9.17) is 0 Å². The highest BCUT2D eigenvalue weighted by molar-refractivity contribution is 5.40. The van der Waals surface area contributed by atoms with Gasteiger partial charge in [0, 0.05) is 37.6 Å². The van der Waals surface area contributed by atoms with Gasteiger partial charge >= 0.3 is 0 Å². The van der Waals surface area contributed by atoms with Crippen LogP contribution >= 0.6 is 0 Å². The smallest absolute Gasteiger partial charge is 0.267 e. The largest absolute Gasteiger partial charge is 0.352 e. The van der Waals surface area contributed by atoms with Crippen molar-refractivity contribution < 1.29 is 0 Å². The Kier molecular flexibility index (Phi) is 5.31. The van der Waals surface area contributed by atoms with Gasteiger partial charge in [-0.15, -0.1) is 0 Å². The van der Waals surface area contributed by atoms with Gasteiger partial charge in [-0.2, -0.15) is 5.10 Å². The molecule has 0 saturated carbocycles. The summed E-state index contributed by atoms with van der Waals surface area (Å²) >= 11 is 0. The molecule has 1 saturated heterocycles. The van der Waals surface area contributed by atoms with Gasteiger partial charge < -0.3 is 10.2 Å². The molecule has 0 amide bonds. The zero-order valence-electron chi connectivity index (χ0n) is 15.1. The monoisotopic (exact) mass is 342 g/mol. The molecule has 0 aromatic carbocycles. The number of hydrogen-bond donors (Lipinski definition) is 1. The summed E-state index contributed by atoms with van der Waals surface area (Å²) in [5.41, 5.74) is 0.989. The standard InChI is InChI=1S/C18H26N6O/c1-13(2)24-17(25)8-7-16(22-24)23-9-5-4-6-15(23)12-21-18-19-10-14(3)11-20-18/h7-8,10-11,13,15H,4-6,9,12H2,1-3H3,(H,19,20,21). The maximum Gasteiger partial charge on any atom is 0.267 e. The van der Waals surface area contributed by atoms with Crippen LogP contribution in [0.15, 0.2) is 29.3 Å². The van der Waals surface area contributed by atoms with E-state index < -0.39 is 0 Å². The first-order valence-corrected chi connectivity index (χ1v) is 8.93. The van der Waals surface area contributed by atoms with E-state index in [2.05, 4.69) is 25.3 Å². The van der Waals surface area contributed by atoms with Crippen molar-refractivity contribution in [1.82, 2.24) is 19.7 Å². The number of rotatable bonds is 5. The van der Waals surface area contributed by atoms with Gasteiger partial charge in [0.25, 0.3) is 5.56 Å². The summed E-state index contributed by atoms with van der Waals surface area (Å²) in [4.78, 5) is 22.9. The van der Waals surface area contributed by atoms with Crippen LogP contribution in [-0.4, -0.2) is 38.9 Å². The first kappa shape index (κ1) is 17.4. The lowest BCUT2D eigenvalue weighted by atomic mass is 10.0. The maximum absolute atomic E-state index is 12.0. The second-order valence-electron chi connectivity index (χ2n) is 6.88. The molecule has 1 fully saturated rings. The van der Waals surface area contributed by atoms with Crippen molar-refractivity contribution >= 4 is 11.8 Å². The van der Waals surface area contributed by atoms with Gasteiger partial charge in [-0.3, -0.25) is 4.79 Å². The average molecular weight is 342 g/mol. The predicted octanol–water partition coefficient (Wildman–Crippen LogP) is 2.39. The Labute approximate surface area is 148 Å². The Morgan fingerprint density at radius 1 is 1.24 bits per heavy atom. The number of aryl methyl sites for hydroxylation is 1. The molecule has 1 unspecified atom stereocenters. The summed E-state index contributed by atoms with van der Waals surface area (Å²) in [5, 5.41) is 7.91. The molecule has 0 bridgehead atoms. The van der Waals surface area contributed by atoms with Crippen LogP contribution in [0.1, 0.15) is 44.7 Å². The minimum Gasteiger partial charge on any atom is -0.352 e. The van der Waals surface area contributed by atoms with Crippen molar-refractivity contribution in [1.29, 1.82) is 0 Å². The molecule has 2 aromatic heterocycles. The van der Waals surface area contributed by atoms with Crippen molar-refractivity contribution in [2.75, 3.05) is 23.3 Å². The second-order valence-corrected chi connectivity index (χ2v) is 6.88. The van der Waals surface area contributed by atoms with Crippen LogP contribution in [-0.2, 0) is 0 Å².